The lowest BCUT2D eigenvalue weighted by molar-refractivity contribution is 0.492. The summed E-state index contributed by atoms with van der Waals surface area (Å²) in [6, 6.07) is 11.5. The number of nitrogens with one attached hydrogen (secondary N) is 1. The second kappa shape index (κ2) is 5.94. The van der Waals surface area contributed by atoms with E-state index < -0.39 is 11.6 Å². The summed E-state index contributed by atoms with van der Waals surface area (Å²) in [5, 5.41) is 3.71. The number of hydrogen-bond acceptors (Lipinski definition) is 1. The van der Waals surface area contributed by atoms with Gasteiger partial charge in [0.15, 0.2) is 11.6 Å². The van der Waals surface area contributed by atoms with Gasteiger partial charge in [-0.15, -0.1) is 0 Å². The van der Waals surface area contributed by atoms with Crippen molar-refractivity contribution in [3.63, 3.8) is 0 Å². The minimum atomic E-state index is -0.822. The molecule has 2 rings (SSSR count). The first-order valence-electron chi connectivity index (χ1n) is 5.55. The van der Waals surface area contributed by atoms with Crippen LogP contribution in [0.15, 0.2) is 42.5 Å². The fourth-order valence-electron chi connectivity index (χ4n) is 1.67. The number of halogens is 3. The smallest absolute Gasteiger partial charge is 0.163 e. The highest BCUT2D eigenvalue weighted by molar-refractivity contribution is 6.30. The van der Waals surface area contributed by atoms with Crippen molar-refractivity contribution >= 4 is 11.6 Å². The topological polar surface area (TPSA) is 12.0 Å². The third-order valence-corrected chi connectivity index (χ3v) is 2.80. The summed E-state index contributed by atoms with van der Waals surface area (Å²) < 4.78 is 26.3. The monoisotopic (exact) mass is 267 g/mol. The van der Waals surface area contributed by atoms with E-state index in [9.17, 15) is 8.78 Å². The molecule has 0 saturated carbocycles. The van der Waals surface area contributed by atoms with E-state index in [4.69, 9.17) is 11.6 Å². The maximum absolute atomic E-state index is 13.4. The molecule has 94 valence electrons. The van der Waals surface area contributed by atoms with Crippen molar-refractivity contribution in [3.05, 3.63) is 70.2 Å². The molecule has 0 fully saturated rings. The Hall–Kier alpha value is -1.45. The fraction of sp³-hybridized carbons (Fsp3) is 0.143. The van der Waals surface area contributed by atoms with Crippen LogP contribution >= 0.6 is 11.6 Å². The molecule has 0 aliphatic rings. The van der Waals surface area contributed by atoms with Gasteiger partial charge in [0.2, 0.25) is 0 Å². The molecule has 0 radical (unpaired) electrons. The van der Waals surface area contributed by atoms with Gasteiger partial charge in [-0.05, 0) is 23.8 Å². The highest BCUT2D eigenvalue weighted by atomic mass is 35.5. The van der Waals surface area contributed by atoms with Crippen molar-refractivity contribution in [2.45, 2.75) is 13.1 Å². The largest absolute Gasteiger partial charge is 0.309 e. The zero-order valence-corrected chi connectivity index (χ0v) is 10.3. The molecule has 2 aromatic rings. The van der Waals surface area contributed by atoms with Crippen molar-refractivity contribution in [2.75, 3.05) is 0 Å². The van der Waals surface area contributed by atoms with Crippen LogP contribution in [0.5, 0.6) is 0 Å². The molecule has 0 aromatic heterocycles. The van der Waals surface area contributed by atoms with Crippen molar-refractivity contribution in [3.8, 4) is 0 Å². The molecule has 18 heavy (non-hydrogen) atoms. The molecule has 0 spiro atoms. The van der Waals surface area contributed by atoms with Gasteiger partial charge in [0.25, 0.3) is 0 Å². The Morgan fingerprint density at radius 3 is 2.56 bits per heavy atom. The van der Waals surface area contributed by atoms with E-state index in [1.807, 2.05) is 18.2 Å². The molecule has 0 atom stereocenters. The molecule has 0 bridgehead atoms. The van der Waals surface area contributed by atoms with Crippen LogP contribution in [0.3, 0.4) is 0 Å². The highest BCUT2D eigenvalue weighted by Crippen LogP contribution is 2.12. The van der Waals surface area contributed by atoms with Crippen molar-refractivity contribution < 1.29 is 8.78 Å². The van der Waals surface area contributed by atoms with Crippen LogP contribution in [0.4, 0.5) is 8.78 Å². The van der Waals surface area contributed by atoms with Crippen LogP contribution in [-0.4, -0.2) is 0 Å². The molecule has 0 heterocycles. The quantitative estimate of drug-likeness (QED) is 0.886. The van der Waals surface area contributed by atoms with Gasteiger partial charge in [-0.3, -0.25) is 0 Å². The fourth-order valence-corrected chi connectivity index (χ4v) is 1.89. The van der Waals surface area contributed by atoms with Crippen LogP contribution in [-0.2, 0) is 13.1 Å². The standard InChI is InChI=1S/C14H12ClF2N/c15-12-5-1-3-10(7-12)8-18-9-11-4-2-6-13(16)14(11)17/h1-7,18H,8-9H2. The van der Waals surface area contributed by atoms with Gasteiger partial charge in [-0.2, -0.15) is 0 Å². The van der Waals surface area contributed by atoms with Crippen LogP contribution in [0.25, 0.3) is 0 Å². The van der Waals surface area contributed by atoms with E-state index in [0.29, 0.717) is 17.1 Å². The third-order valence-electron chi connectivity index (χ3n) is 2.57. The highest BCUT2D eigenvalue weighted by Gasteiger charge is 2.06. The zero-order chi connectivity index (χ0) is 13.0. The number of hydrogen-bond donors (Lipinski definition) is 1. The molecule has 0 aliphatic heterocycles. The zero-order valence-electron chi connectivity index (χ0n) is 9.59. The Kier molecular flexibility index (Phi) is 4.28. The number of benzene rings is 2. The summed E-state index contributed by atoms with van der Waals surface area (Å²) in [6.07, 6.45) is 0. The molecular formula is C14H12ClF2N. The van der Waals surface area contributed by atoms with E-state index >= 15 is 0 Å². The summed E-state index contributed by atoms with van der Waals surface area (Å²) in [4.78, 5) is 0. The molecule has 0 saturated heterocycles. The molecule has 4 heteroatoms. The van der Waals surface area contributed by atoms with Crippen LogP contribution in [0.2, 0.25) is 5.02 Å². The molecule has 0 amide bonds. The van der Waals surface area contributed by atoms with E-state index in [1.165, 1.54) is 6.07 Å². The Morgan fingerprint density at radius 1 is 1.00 bits per heavy atom. The van der Waals surface area contributed by atoms with Gasteiger partial charge in [0.1, 0.15) is 0 Å². The van der Waals surface area contributed by atoms with Gasteiger partial charge >= 0.3 is 0 Å². The number of rotatable bonds is 4. The summed E-state index contributed by atoms with van der Waals surface area (Å²) in [6.45, 7) is 0.826. The van der Waals surface area contributed by atoms with Gasteiger partial charge in [-0.1, -0.05) is 35.9 Å². The molecule has 1 N–H and O–H groups in total. The summed E-state index contributed by atoms with van der Waals surface area (Å²) in [7, 11) is 0. The SMILES string of the molecule is Fc1cccc(CNCc2cccc(Cl)c2)c1F. The Balaban J connectivity index is 1.94. The second-order valence-corrected chi connectivity index (χ2v) is 4.38. The minimum absolute atomic E-state index is 0.274. The summed E-state index contributed by atoms with van der Waals surface area (Å²) in [5.41, 5.74) is 1.32. The van der Waals surface area contributed by atoms with Crippen LogP contribution < -0.4 is 5.32 Å². The van der Waals surface area contributed by atoms with Crippen molar-refractivity contribution in [1.82, 2.24) is 5.32 Å². The van der Waals surface area contributed by atoms with Gasteiger partial charge in [-0.25, -0.2) is 8.78 Å². The first-order valence-corrected chi connectivity index (χ1v) is 5.92. The Bertz CT molecular complexity index is 543. The minimum Gasteiger partial charge on any atom is -0.309 e. The maximum Gasteiger partial charge on any atom is 0.163 e. The lowest BCUT2D eigenvalue weighted by atomic mass is 10.2. The average Bonchev–Trinajstić information content (AvgIpc) is 2.35. The van der Waals surface area contributed by atoms with Gasteiger partial charge in [0.05, 0.1) is 0 Å². The van der Waals surface area contributed by atoms with Gasteiger partial charge < -0.3 is 5.32 Å². The van der Waals surface area contributed by atoms with Crippen LogP contribution in [0.1, 0.15) is 11.1 Å². The normalized spacial score (nSPS) is 10.6. The third kappa shape index (κ3) is 3.28. The average molecular weight is 268 g/mol. The molecule has 1 nitrogen and oxygen atoms in total. The molecule has 0 unspecified atom stereocenters. The summed E-state index contributed by atoms with van der Waals surface area (Å²) >= 11 is 5.85. The molecule has 0 aliphatic carbocycles. The van der Waals surface area contributed by atoms with E-state index in [-0.39, 0.29) is 6.54 Å². The lowest BCUT2D eigenvalue weighted by Gasteiger charge is -2.07. The Labute approximate surface area is 109 Å². The maximum atomic E-state index is 13.4. The predicted molar refractivity (Wildman–Crippen MR) is 68.4 cm³/mol. The van der Waals surface area contributed by atoms with E-state index in [2.05, 4.69) is 5.32 Å². The van der Waals surface area contributed by atoms with Crippen molar-refractivity contribution in [1.29, 1.82) is 0 Å². The summed E-state index contributed by atoms with van der Waals surface area (Å²) in [5.74, 6) is -1.62. The lowest BCUT2D eigenvalue weighted by Crippen LogP contribution is -2.14. The van der Waals surface area contributed by atoms with Crippen molar-refractivity contribution in [2.24, 2.45) is 0 Å². The van der Waals surface area contributed by atoms with E-state index in [1.54, 1.807) is 12.1 Å². The molecule has 2 aromatic carbocycles. The first-order chi connectivity index (χ1) is 8.66. The molecular weight excluding hydrogens is 256 g/mol. The predicted octanol–water partition coefficient (Wildman–Crippen LogP) is 3.91. The van der Waals surface area contributed by atoms with Crippen LogP contribution in [0, 0.1) is 11.6 Å². The first kappa shape index (κ1) is 13.0. The van der Waals surface area contributed by atoms with Gasteiger partial charge in [0, 0.05) is 23.7 Å². The second-order valence-electron chi connectivity index (χ2n) is 3.95. The Morgan fingerprint density at radius 2 is 1.78 bits per heavy atom. The van der Waals surface area contributed by atoms with E-state index in [0.717, 1.165) is 11.6 Å².